The van der Waals surface area contributed by atoms with Crippen molar-refractivity contribution in [2.45, 2.75) is 13.8 Å². The molecule has 5 aromatic rings. The highest BCUT2D eigenvalue weighted by atomic mass is 15.0. The van der Waals surface area contributed by atoms with Crippen LogP contribution < -0.4 is 0 Å². The number of nitrogens with zero attached hydrogens (tertiary/aromatic N) is 1. The fourth-order valence-electron chi connectivity index (χ4n) is 3.94. The number of fused-ring (bicyclic) bond motifs is 3. The molecule has 0 N–H and O–H groups in total. The van der Waals surface area contributed by atoms with E-state index in [4.69, 9.17) is 0 Å². The number of aromatic nitrogens is 1. The maximum atomic E-state index is 2.37. The van der Waals surface area contributed by atoms with Crippen LogP contribution in [0.1, 0.15) is 11.1 Å². The molecule has 1 aromatic heterocycles. The first kappa shape index (κ1) is 15.9. The summed E-state index contributed by atoms with van der Waals surface area (Å²) in [6, 6.07) is 33.0. The van der Waals surface area contributed by atoms with Crippen molar-refractivity contribution in [1.29, 1.82) is 0 Å². The number of benzene rings is 4. The van der Waals surface area contributed by atoms with Crippen molar-refractivity contribution in [3.05, 3.63) is 102 Å². The third kappa shape index (κ3) is 2.63. The van der Waals surface area contributed by atoms with Crippen LogP contribution in [0.5, 0.6) is 0 Å². The van der Waals surface area contributed by atoms with Crippen molar-refractivity contribution < 1.29 is 0 Å². The lowest BCUT2D eigenvalue weighted by molar-refractivity contribution is 1.17. The molecule has 0 saturated heterocycles. The molecule has 0 aliphatic heterocycles. The zero-order chi connectivity index (χ0) is 18.4. The number of hydrogen-bond acceptors (Lipinski definition) is 0. The maximum Gasteiger partial charge on any atom is 0.0541 e. The Bertz CT molecular complexity index is 1270. The van der Waals surface area contributed by atoms with E-state index in [0.717, 1.165) is 0 Å². The first-order valence-corrected chi connectivity index (χ1v) is 9.38. The summed E-state index contributed by atoms with van der Waals surface area (Å²) < 4.78 is 2.37. The van der Waals surface area contributed by atoms with Gasteiger partial charge in [-0.1, -0.05) is 66.2 Å². The van der Waals surface area contributed by atoms with E-state index in [-0.39, 0.29) is 0 Å². The molecule has 0 unspecified atom stereocenters. The molecular formula is C26H21N. The van der Waals surface area contributed by atoms with Gasteiger partial charge in [0.2, 0.25) is 0 Å². The van der Waals surface area contributed by atoms with Gasteiger partial charge < -0.3 is 4.57 Å². The average Bonchev–Trinajstić information content (AvgIpc) is 3.02. The third-order valence-corrected chi connectivity index (χ3v) is 5.32. The second kappa shape index (κ2) is 6.14. The molecule has 5 rings (SSSR count). The first-order valence-electron chi connectivity index (χ1n) is 9.38. The monoisotopic (exact) mass is 347 g/mol. The van der Waals surface area contributed by atoms with Crippen molar-refractivity contribution in [1.82, 2.24) is 4.57 Å². The van der Waals surface area contributed by atoms with Gasteiger partial charge in [-0.25, -0.2) is 0 Å². The van der Waals surface area contributed by atoms with E-state index in [1.54, 1.807) is 0 Å². The van der Waals surface area contributed by atoms with Gasteiger partial charge in [-0.2, -0.15) is 0 Å². The van der Waals surface area contributed by atoms with Crippen LogP contribution in [0.2, 0.25) is 0 Å². The zero-order valence-electron chi connectivity index (χ0n) is 15.6. The van der Waals surface area contributed by atoms with Gasteiger partial charge >= 0.3 is 0 Å². The van der Waals surface area contributed by atoms with Crippen LogP contribution in [0, 0.1) is 13.8 Å². The van der Waals surface area contributed by atoms with Gasteiger partial charge in [-0.05, 0) is 60.9 Å². The van der Waals surface area contributed by atoms with E-state index in [1.807, 2.05) is 0 Å². The lowest BCUT2D eigenvalue weighted by Crippen LogP contribution is -1.94. The third-order valence-electron chi connectivity index (χ3n) is 5.32. The van der Waals surface area contributed by atoms with E-state index in [9.17, 15) is 0 Å². The minimum atomic E-state index is 1.21. The van der Waals surface area contributed by atoms with Gasteiger partial charge in [-0.3, -0.25) is 0 Å². The second-order valence-electron chi connectivity index (χ2n) is 7.29. The van der Waals surface area contributed by atoms with Gasteiger partial charge in [0.25, 0.3) is 0 Å². The van der Waals surface area contributed by atoms with Gasteiger partial charge in [-0.15, -0.1) is 0 Å². The molecule has 130 valence electrons. The highest BCUT2D eigenvalue weighted by molar-refractivity contribution is 6.10. The van der Waals surface area contributed by atoms with Gasteiger partial charge in [0, 0.05) is 16.5 Å². The summed E-state index contributed by atoms with van der Waals surface area (Å²) in [6.45, 7) is 4.27. The van der Waals surface area contributed by atoms with Gasteiger partial charge in [0.1, 0.15) is 0 Å². The van der Waals surface area contributed by atoms with Crippen LogP contribution in [0.3, 0.4) is 0 Å². The molecule has 0 aliphatic rings. The molecular weight excluding hydrogens is 326 g/mol. The van der Waals surface area contributed by atoms with Gasteiger partial charge in [0.05, 0.1) is 11.0 Å². The fraction of sp³-hybridized carbons (Fsp3) is 0.0769. The van der Waals surface area contributed by atoms with Crippen molar-refractivity contribution in [3.63, 3.8) is 0 Å². The molecule has 0 fully saturated rings. The van der Waals surface area contributed by atoms with E-state index < -0.39 is 0 Å². The minimum Gasteiger partial charge on any atom is -0.309 e. The van der Waals surface area contributed by atoms with Crippen LogP contribution >= 0.6 is 0 Å². The van der Waals surface area contributed by atoms with Crippen molar-refractivity contribution in [2.75, 3.05) is 0 Å². The lowest BCUT2D eigenvalue weighted by Gasteiger charge is -2.09. The lowest BCUT2D eigenvalue weighted by atomic mass is 10.0. The molecule has 0 aliphatic carbocycles. The maximum absolute atomic E-state index is 2.37. The predicted molar refractivity (Wildman–Crippen MR) is 116 cm³/mol. The summed E-state index contributed by atoms with van der Waals surface area (Å²) in [4.78, 5) is 0. The summed E-state index contributed by atoms with van der Waals surface area (Å²) in [5, 5.41) is 2.59. The molecule has 0 atom stereocenters. The summed E-state index contributed by atoms with van der Waals surface area (Å²) in [5.74, 6) is 0. The highest BCUT2D eigenvalue weighted by Gasteiger charge is 2.13. The molecule has 0 radical (unpaired) electrons. The van der Waals surface area contributed by atoms with Crippen molar-refractivity contribution in [3.8, 4) is 16.8 Å². The van der Waals surface area contributed by atoms with Crippen LogP contribution in [0.4, 0.5) is 0 Å². The Hall–Kier alpha value is -3.32. The van der Waals surface area contributed by atoms with Crippen molar-refractivity contribution >= 4 is 21.8 Å². The van der Waals surface area contributed by atoms with Gasteiger partial charge in [0.15, 0.2) is 0 Å². The Morgan fingerprint density at radius 3 is 2.07 bits per heavy atom. The summed E-state index contributed by atoms with van der Waals surface area (Å²) >= 11 is 0. The quantitative estimate of drug-likeness (QED) is 0.322. The molecule has 0 spiro atoms. The largest absolute Gasteiger partial charge is 0.309 e. The number of hydrogen-bond donors (Lipinski definition) is 0. The Balaban J connectivity index is 1.82. The highest BCUT2D eigenvalue weighted by Crippen LogP contribution is 2.34. The topological polar surface area (TPSA) is 4.93 Å². The molecule has 1 nitrogen and oxygen atoms in total. The van der Waals surface area contributed by atoms with E-state index in [0.29, 0.717) is 0 Å². The number of aryl methyl sites for hydroxylation is 2. The van der Waals surface area contributed by atoms with Crippen LogP contribution in [0.15, 0.2) is 91.0 Å². The number of rotatable bonds is 2. The second-order valence-corrected chi connectivity index (χ2v) is 7.29. The Labute approximate surface area is 159 Å². The minimum absolute atomic E-state index is 1.21. The first-order chi connectivity index (χ1) is 13.2. The Morgan fingerprint density at radius 2 is 1.26 bits per heavy atom. The predicted octanol–water partition coefficient (Wildman–Crippen LogP) is 7.07. The molecule has 27 heavy (non-hydrogen) atoms. The molecule has 0 saturated carbocycles. The zero-order valence-corrected chi connectivity index (χ0v) is 15.6. The van der Waals surface area contributed by atoms with E-state index >= 15 is 0 Å². The Morgan fingerprint density at radius 1 is 0.519 bits per heavy atom. The summed E-state index contributed by atoms with van der Waals surface area (Å²) in [5.41, 5.74) is 8.79. The van der Waals surface area contributed by atoms with E-state index in [1.165, 1.54) is 49.7 Å². The fourth-order valence-corrected chi connectivity index (χ4v) is 3.94. The molecule has 0 bridgehead atoms. The molecule has 4 aromatic carbocycles. The average molecular weight is 347 g/mol. The summed E-state index contributed by atoms with van der Waals surface area (Å²) in [7, 11) is 0. The Kier molecular flexibility index (Phi) is 3.61. The standard InChI is InChI=1S/C26H21N/c1-18-10-12-20(13-11-18)21-14-15-26-24(17-21)23-8-3-4-9-25(23)27(26)22-7-5-6-19(2)16-22/h3-17H,1-2H3. The smallest absolute Gasteiger partial charge is 0.0541 e. The van der Waals surface area contributed by atoms with Crippen LogP contribution in [-0.4, -0.2) is 4.57 Å². The normalized spacial score (nSPS) is 11.3. The van der Waals surface area contributed by atoms with Crippen LogP contribution in [0.25, 0.3) is 38.6 Å². The summed E-state index contributed by atoms with van der Waals surface area (Å²) in [6.07, 6.45) is 0. The SMILES string of the molecule is Cc1ccc(-c2ccc3c(c2)c2ccccc2n3-c2cccc(C)c2)cc1. The molecule has 1 heteroatoms. The molecule has 0 amide bonds. The number of para-hydroxylation sites is 1. The van der Waals surface area contributed by atoms with E-state index in [2.05, 4.69) is 109 Å². The van der Waals surface area contributed by atoms with Crippen LogP contribution in [-0.2, 0) is 0 Å². The molecule has 1 heterocycles. The van der Waals surface area contributed by atoms with Crippen molar-refractivity contribution in [2.24, 2.45) is 0 Å².